The van der Waals surface area contributed by atoms with E-state index in [0.29, 0.717) is 32.0 Å². The van der Waals surface area contributed by atoms with Gasteiger partial charge in [-0.25, -0.2) is 4.79 Å². The second kappa shape index (κ2) is 8.06. The summed E-state index contributed by atoms with van der Waals surface area (Å²) >= 11 is 5.91. The average Bonchev–Trinajstić information content (AvgIpc) is 2.64. The summed E-state index contributed by atoms with van der Waals surface area (Å²) in [7, 11) is 0. The highest BCUT2D eigenvalue weighted by atomic mass is 35.5. The Hall–Kier alpha value is -2.45. The summed E-state index contributed by atoms with van der Waals surface area (Å²) in [5, 5.41) is 5.06. The highest BCUT2D eigenvalue weighted by Crippen LogP contribution is 2.34. The monoisotopic (exact) mass is 399 g/mol. The van der Waals surface area contributed by atoms with Crippen molar-refractivity contribution in [1.29, 1.82) is 0 Å². The molecule has 0 saturated carbocycles. The number of para-hydroxylation sites is 2. The first kappa shape index (κ1) is 19.3. The Bertz CT molecular complexity index is 824. The average molecular weight is 400 g/mol. The molecule has 2 aromatic rings. The van der Waals surface area contributed by atoms with E-state index in [1.54, 1.807) is 12.1 Å². The zero-order valence-electron chi connectivity index (χ0n) is 14.1. The van der Waals surface area contributed by atoms with Crippen LogP contribution in [0.25, 0.3) is 0 Å². The molecule has 1 aliphatic rings. The third kappa shape index (κ3) is 4.84. The Kier molecular flexibility index (Phi) is 5.76. The van der Waals surface area contributed by atoms with Crippen molar-refractivity contribution in [2.24, 2.45) is 0 Å². The number of hydrogen-bond acceptors (Lipinski definition) is 3. The molecular weight excluding hydrogens is 383 g/mol. The van der Waals surface area contributed by atoms with E-state index in [9.17, 15) is 18.0 Å². The van der Waals surface area contributed by atoms with Gasteiger partial charge in [0.25, 0.3) is 0 Å². The number of halogens is 4. The molecule has 2 amide bonds. The summed E-state index contributed by atoms with van der Waals surface area (Å²) in [6, 6.07) is 9.26. The first-order chi connectivity index (χ1) is 12.8. The Morgan fingerprint density at radius 1 is 1.04 bits per heavy atom. The Balaban J connectivity index is 1.75. The molecule has 3 rings (SSSR count). The number of morpholine rings is 1. The van der Waals surface area contributed by atoms with Gasteiger partial charge in [0.05, 0.1) is 40.9 Å². The molecule has 2 aromatic carbocycles. The molecule has 1 saturated heterocycles. The normalized spacial score (nSPS) is 14.7. The van der Waals surface area contributed by atoms with Crippen molar-refractivity contribution in [2.45, 2.75) is 6.18 Å². The lowest BCUT2D eigenvalue weighted by atomic mass is 10.2. The van der Waals surface area contributed by atoms with E-state index in [4.69, 9.17) is 16.3 Å². The van der Waals surface area contributed by atoms with Crippen LogP contribution >= 0.6 is 11.6 Å². The van der Waals surface area contributed by atoms with E-state index in [-0.39, 0.29) is 10.7 Å². The summed E-state index contributed by atoms with van der Waals surface area (Å²) in [5.74, 6) is 0. The molecular formula is C18H17ClF3N3O2. The number of hydrogen-bond donors (Lipinski definition) is 2. The number of carbonyl (C=O) groups excluding carboxylic acids is 1. The maximum Gasteiger partial charge on any atom is 0.416 e. The van der Waals surface area contributed by atoms with Gasteiger partial charge in [0, 0.05) is 13.1 Å². The molecule has 1 fully saturated rings. The van der Waals surface area contributed by atoms with Gasteiger partial charge in [0.15, 0.2) is 0 Å². The van der Waals surface area contributed by atoms with Crippen LogP contribution < -0.4 is 15.5 Å². The maximum atomic E-state index is 12.9. The van der Waals surface area contributed by atoms with Gasteiger partial charge in [-0.1, -0.05) is 23.7 Å². The summed E-state index contributed by atoms with van der Waals surface area (Å²) in [6.45, 7) is 2.53. The molecule has 9 heteroatoms. The van der Waals surface area contributed by atoms with Crippen LogP contribution in [0, 0.1) is 0 Å². The quantitative estimate of drug-likeness (QED) is 0.776. The van der Waals surface area contributed by atoms with Crippen LogP contribution in [0.2, 0.25) is 5.02 Å². The number of ether oxygens (including phenoxy) is 1. The summed E-state index contributed by atoms with van der Waals surface area (Å²) < 4.78 is 43.9. The van der Waals surface area contributed by atoms with E-state index >= 15 is 0 Å². The molecule has 144 valence electrons. The standard InChI is InChI=1S/C18H17ClF3N3O2/c19-13-6-5-12(18(20,21)22)11-15(13)24-17(26)23-14-3-1-2-4-16(14)25-7-9-27-10-8-25/h1-6,11H,7-10H2,(H2,23,24,26). The minimum Gasteiger partial charge on any atom is -0.378 e. The summed E-state index contributed by atoms with van der Waals surface area (Å²) in [5.41, 5.74) is 0.342. The number of carbonyl (C=O) groups is 1. The topological polar surface area (TPSA) is 53.6 Å². The predicted molar refractivity (Wildman–Crippen MR) is 98.6 cm³/mol. The summed E-state index contributed by atoms with van der Waals surface area (Å²) in [4.78, 5) is 14.4. The lowest BCUT2D eigenvalue weighted by Gasteiger charge is -2.30. The molecule has 0 spiro atoms. The van der Waals surface area contributed by atoms with Crippen molar-refractivity contribution < 1.29 is 22.7 Å². The third-order valence-corrected chi connectivity index (χ3v) is 4.38. The molecule has 1 aliphatic heterocycles. The van der Waals surface area contributed by atoms with Crippen molar-refractivity contribution in [3.05, 3.63) is 53.1 Å². The predicted octanol–water partition coefficient (Wildman–Crippen LogP) is 4.84. The van der Waals surface area contributed by atoms with Crippen LogP contribution in [0.1, 0.15) is 5.56 Å². The number of rotatable bonds is 3. The van der Waals surface area contributed by atoms with Crippen molar-refractivity contribution in [3.63, 3.8) is 0 Å². The number of benzene rings is 2. The largest absolute Gasteiger partial charge is 0.416 e. The van der Waals surface area contributed by atoms with Gasteiger partial charge in [-0.15, -0.1) is 0 Å². The van der Waals surface area contributed by atoms with E-state index in [2.05, 4.69) is 15.5 Å². The first-order valence-corrected chi connectivity index (χ1v) is 8.59. The van der Waals surface area contributed by atoms with Crippen molar-refractivity contribution in [1.82, 2.24) is 0 Å². The van der Waals surface area contributed by atoms with E-state index in [1.807, 2.05) is 12.1 Å². The van der Waals surface area contributed by atoms with Crippen molar-refractivity contribution >= 4 is 34.7 Å². The Morgan fingerprint density at radius 3 is 2.41 bits per heavy atom. The van der Waals surface area contributed by atoms with E-state index in [0.717, 1.165) is 23.9 Å². The van der Waals surface area contributed by atoms with Gasteiger partial charge < -0.3 is 20.3 Å². The molecule has 0 atom stereocenters. The lowest BCUT2D eigenvalue weighted by molar-refractivity contribution is -0.137. The number of nitrogens with one attached hydrogen (secondary N) is 2. The molecule has 0 aromatic heterocycles. The van der Waals surface area contributed by atoms with Crippen LogP contribution in [-0.2, 0) is 10.9 Å². The molecule has 0 unspecified atom stereocenters. The van der Waals surface area contributed by atoms with Gasteiger partial charge in [0.1, 0.15) is 0 Å². The van der Waals surface area contributed by atoms with E-state index < -0.39 is 17.8 Å². The third-order valence-electron chi connectivity index (χ3n) is 4.05. The van der Waals surface area contributed by atoms with Gasteiger partial charge in [0.2, 0.25) is 0 Å². The van der Waals surface area contributed by atoms with Crippen molar-refractivity contribution in [2.75, 3.05) is 41.8 Å². The fourth-order valence-corrected chi connectivity index (χ4v) is 2.90. The minimum absolute atomic E-state index is 0.0135. The zero-order chi connectivity index (χ0) is 19.4. The molecule has 0 aliphatic carbocycles. The molecule has 5 nitrogen and oxygen atoms in total. The molecule has 27 heavy (non-hydrogen) atoms. The molecule has 0 radical (unpaired) electrons. The van der Waals surface area contributed by atoms with Crippen LogP contribution in [0.5, 0.6) is 0 Å². The van der Waals surface area contributed by atoms with E-state index in [1.165, 1.54) is 0 Å². The van der Waals surface area contributed by atoms with Gasteiger partial charge in [-0.3, -0.25) is 0 Å². The fourth-order valence-electron chi connectivity index (χ4n) is 2.73. The first-order valence-electron chi connectivity index (χ1n) is 8.21. The SMILES string of the molecule is O=C(Nc1cc(C(F)(F)F)ccc1Cl)Nc1ccccc1N1CCOCC1. The summed E-state index contributed by atoms with van der Waals surface area (Å²) in [6.07, 6.45) is -4.53. The fraction of sp³-hybridized carbons (Fsp3) is 0.278. The number of amides is 2. The highest BCUT2D eigenvalue weighted by Gasteiger charge is 2.31. The van der Waals surface area contributed by atoms with Gasteiger partial charge in [-0.2, -0.15) is 13.2 Å². The van der Waals surface area contributed by atoms with Crippen LogP contribution in [0.4, 0.5) is 35.0 Å². The lowest BCUT2D eigenvalue weighted by Crippen LogP contribution is -2.37. The second-order valence-electron chi connectivity index (χ2n) is 5.89. The minimum atomic E-state index is -4.53. The Labute approximate surface area is 159 Å². The van der Waals surface area contributed by atoms with Crippen LogP contribution in [0.15, 0.2) is 42.5 Å². The molecule has 0 bridgehead atoms. The number of urea groups is 1. The van der Waals surface area contributed by atoms with Gasteiger partial charge >= 0.3 is 12.2 Å². The Morgan fingerprint density at radius 2 is 1.70 bits per heavy atom. The molecule has 2 N–H and O–H groups in total. The zero-order valence-corrected chi connectivity index (χ0v) is 14.9. The molecule has 1 heterocycles. The van der Waals surface area contributed by atoms with Crippen LogP contribution in [-0.4, -0.2) is 32.3 Å². The van der Waals surface area contributed by atoms with Crippen molar-refractivity contribution in [3.8, 4) is 0 Å². The number of nitrogens with zero attached hydrogens (tertiary/aromatic N) is 1. The highest BCUT2D eigenvalue weighted by molar-refractivity contribution is 6.33. The van der Waals surface area contributed by atoms with Crippen LogP contribution in [0.3, 0.4) is 0 Å². The second-order valence-corrected chi connectivity index (χ2v) is 6.30. The number of anilines is 3. The smallest absolute Gasteiger partial charge is 0.378 e. The maximum absolute atomic E-state index is 12.9. The number of alkyl halides is 3. The van der Waals surface area contributed by atoms with Gasteiger partial charge in [-0.05, 0) is 30.3 Å².